The molecule has 8 nitrogen and oxygen atoms in total. The molecule has 0 aliphatic carbocycles. The van der Waals surface area contributed by atoms with Crippen molar-refractivity contribution in [1.82, 2.24) is 0 Å². The fraction of sp³-hybridized carbons (Fsp3) is 0.207. The summed E-state index contributed by atoms with van der Waals surface area (Å²) in [6.07, 6.45) is -0.0968. The Balaban J connectivity index is 1.97. The first kappa shape index (κ1) is 25.3. The van der Waals surface area contributed by atoms with Gasteiger partial charge < -0.3 is 19.3 Å². The van der Waals surface area contributed by atoms with Gasteiger partial charge in [-0.15, -0.1) is 0 Å². The topological polar surface area (TPSA) is 109 Å². The number of ketones is 1. The lowest BCUT2D eigenvalue weighted by Gasteiger charge is -2.27. The Bertz CT molecular complexity index is 1420. The molecule has 37 heavy (non-hydrogen) atoms. The second-order valence-electron chi connectivity index (χ2n) is 8.60. The molecule has 1 fully saturated rings. The number of Topliss-reactive ketones (excluding diaryl/α,β-unsaturated/α-hetero) is 1. The molecule has 1 unspecified atom stereocenters. The third kappa shape index (κ3) is 4.71. The van der Waals surface area contributed by atoms with Crippen LogP contribution in [-0.2, 0) is 9.59 Å². The van der Waals surface area contributed by atoms with Crippen molar-refractivity contribution >= 4 is 23.1 Å². The van der Waals surface area contributed by atoms with Crippen LogP contribution in [0.2, 0.25) is 0 Å². The van der Waals surface area contributed by atoms with E-state index in [1.165, 1.54) is 19.1 Å². The van der Waals surface area contributed by atoms with Crippen molar-refractivity contribution in [1.29, 1.82) is 5.26 Å². The number of anilines is 1. The SMILES string of the molecule is COc1cccc(C2/C(=C(/O)c3cccc(OC(C)C)c3)C(=O)C(=O)N2c2ccc(C#N)cc2)c1OC. The van der Waals surface area contributed by atoms with Crippen LogP contribution >= 0.6 is 0 Å². The van der Waals surface area contributed by atoms with Gasteiger partial charge in [0.1, 0.15) is 11.5 Å². The number of ether oxygens (including phenoxy) is 3. The van der Waals surface area contributed by atoms with Crippen LogP contribution in [0.4, 0.5) is 5.69 Å². The van der Waals surface area contributed by atoms with Crippen LogP contribution in [0.5, 0.6) is 17.2 Å². The minimum Gasteiger partial charge on any atom is -0.507 e. The number of nitriles is 1. The highest BCUT2D eigenvalue weighted by atomic mass is 16.5. The molecule has 0 spiro atoms. The molecule has 1 N–H and O–H groups in total. The Morgan fingerprint density at radius 1 is 1.00 bits per heavy atom. The molecule has 8 heteroatoms. The summed E-state index contributed by atoms with van der Waals surface area (Å²) in [5.41, 5.74) is 1.44. The minimum absolute atomic E-state index is 0.0968. The molecule has 1 heterocycles. The molecular weight excluding hydrogens is 472 g/mol. The van der Waals surface area contributed by atoms with E-state index in [-0.39, 0.29) is 17.4 Å². The zero-order chi connectivity index (χ0) is 26.7. The third-order valence-electron chi connectivity index (χ3n) is 5.93. The van der Waals surface area contributed by atoms with E-state index < -0.39 is 17.7 Å². The van der Waals surface area contributed by atoms with Crippen molar-refractivity contribution in [3.05, 3.63) is 89.0 Å². The summed E-state index contributed by atoms with van der Waals surface area (Å²) in [7, 11) is 2.95. The summed E-state index contributed by atoms with van der Waals surface area (Å²) in [6, 6.07) is 19.1. The average molecular weight is 499 g/mol. The highest BCUT2D eigenvalue weighted by molar-refractivity contribution is 6.51. The fourth-order valence-corrected chi connectivity index (χ4v) is 4.36. The van der Waals surface area contributed by atoms with E-state index in [4.69, 9.17) is 14.2 Å². The van der Waals surface area contributed by atoms with Gasteiger partial charge in [-0.05, 0) is 56.3 Å². The molecule has 0 aromatic heterocycles. The Kier molecular flexibility index (Phi) is 7.16. The maximum atomic E-state index is 13.5. The van der Waals surface area contributed by atoms with Gasteiger partial charge in [-0.3, -0.25) is 14.5 Å². The number of hydrogen-bond acceptors (Lipinski definition) is 7. The molecule has 0 bridgehead atoms. The Hall–Kier alpha value is -4.77. The van der Waals surface area contributed by atoms with Crippen molar-refractivity contribution < 1.29 is 28.9 Å². The molecule has 3 aromatic carbocycles. The van der Waals surface area contributed by atoms with E-state index in [1.54, 1.807) is 66.7 Å². The van der Waals surface area contributed by atoms with Gasteiger partial charge in [0.05, 0.1) is 43.6 Å². The Morgan fingerprint density at radius 3 is 2.32 bits per heavy atom. The number of para-hydroxylation sites is 1. The van der Waals surface area contributed by atoms with Crippen molar-refractivity contribution in [2.75, 3.05) is 19.1 Å². The van der Waals surface area contributed by atoms with E-state index in [9.17, 15) is 20.0 Å². The number of rotatable bonds is 7. The standard InChI is InChI=1S/C29H26N2O6/c1-17(2)37-21-8-5-7-19(15-21)26(32)24-25(22-9-6-10-23(35-3)28(22)36-4)31(29(34)27(24)33)20-13-11-18(16-30)12-14-20/h5-15,17,25,32H,1-4H3/b26-24-. The molecule has 0 radical (unpaired) electrons. The van der Waals surface area contributed by atoms with Gasteiger partial charge in [0.25, 0.3) is 11.7 Å². The Labute approximate surface area is 214 Å². The first-order valence-corrected chi connectivity index (χ1v) is 11.6. The highest BCUT2D eigenvalue weighted by Crippen LogP contribution is 2.47. The molecule has 1 aliphatic heterocycles. The number of hydrogen-bond donors (Lipinski definition) is 1. The summed E-state index contributed by atoms with van der Waals surface area (Å²) in [6.45, 7) is 3.76. The quantitative estimate of drug-likeness (QED) is 0.278. The number of methoxy groups -OCH3 is 2. The van der Waals surface area contributed by atoms with Gasteiger partial charge in [-0.25, -0.2) is 0 Å². The van der Waals surface area contributed by atoms with E-state index in [0.717, 1.165) is 0 Å². The van der Waals surface area contributed by atoms with E-state index >= 15 is 0 Å². The van der Waals surface area contributed by atoms with Gasteiger partial charge >= 0.3 is 0 Å². The molecule has 0 saturated carbocycles. The summed E-state index contributed by atoms with van der Waals surface area (Å²) >= 11 is 0. The van der Waals surface area contributed by atoms with Crippen LogP contribution in [0.1, 0.15) is 36.6 Å². The first-order valence-electron chi connectivity index (χ1n) is 11.6. The number of carbonyl (C=O) groups is 2. The first-order chi connectivity index (χ1) is 17.8. The lowest BCUT2D eigenvalue weighted by molar-refractivity contribution is -0.132. The maximum Gasteiger partial charge on any atom is 0.300 e. The van der Waals surface area contributed by atoms with Crippen LogP contribution in [-0.4, -0.2) is 37.1 Å². The van der Waals surface area contributed by atoms with E-state index in [1.807, 2.05) is 19.9 Å². The van der Waals surface area contributed by atoms with Gasteiger partial charge in [0, 0.05) is 16.8 Å². The number of amides is 1. The molecular formula is C29H26N2O6. The van der Waals surface area contributed by atoms with Gasteiger partial charge in [0.15, 0.2) is 11.5 Å². The number of aliphatic hydroxyl groups is 1. The highest BCUT2D eigenvalue weighted by Gasteiger charge is 2.48. The van der Waals surface area contributed by atoms with Gasteiger partial charge in [0.2, 0.25) is 0 Å². The summed E-state index contributed by atoms with van der Waals surface area (Å²) in [4.78, 5) is 28.2. The summed E-state index contributed by atoms with van der Waals surface area (Å²) < 4.78 is 16.8. The fourth-order valence-electron chi connectivity index (χ4n) is 4.36. The number of carbonyl (C=O) groups excluding carboxylic acids is 2. The predicted octanol–water partition coefficient (Wildman–Crippen LogP) is 4.99. The lowest BCUT2D eigenvalue weighted by atomic mass is 9.94. The molecule has 1 aliphatic rings. The molecule has 1 amide bonds. The average Bonchev–Trinajstić information content (AvgIpc) is 3.17. The second kappa shape index (κ2) is 10.5. The number of benzene rings is 3. The smallest absolute Gasteiger partial charge is 0.300 e. The molecule has 3 aromatic rings. The number of aliphatic hydroxyl groups excluding tert-OH is 1. The molecule has 188 valence electrons. The van der Waals surface area contributed by atoms with Crippen molar-refractivity contribution in [3.8, 4) is 23.3 Å². The number of nitrogens with zero attached hydrogens (tertiary/aromatic N) is 2. The van der Waals surface area contributed by atoms with Crippen LogP contribution in [0, 0.1) is 11.3 Å². The summed E-state index contributed by atoms with van der Waals surface area (Å²) in [5, 5.41) is 20.6. The van der Waals surface area contributed by atoms with Crippen LogP contribution in [0.15, 0.2) is 72.3 Å². The van der Waals surface area contributed by atoms with Crippen molar-refractivity contribution in [3.63, 3.8) is 0 Å². The lowest BCUT2D eigenvalue weighted by Crippen LogP contribution is -2.29. The summed E-state index contributed by atoms with van der Waals surface area (Å²) in [5.74, 6) is -0.798. The van der Waals surface area contributed by atoms with Crippen LogP contribution < -0.4 is 19.1 Å². The van der Waals surface area contributed by atoms with Crippen LogP contribution in [0.25, 0.3) is 5.76 Å². The minimum atomic E-state index is -1.03. The van der Waals surface area contributed by atoms with Crippen molar-refractivity contribution in [2.24, 2.45) is 0 Å². The molecule has 1 saturated heterocycles. The third-order valence-corrected chi connectivity index (χ3v) is 5.93. The Morgan fingerprint density at radius 2 is 1.70 bits per heavy atom. The van der Waals surface area contributed by atoms with E-state index in [0.29, 0.717) is 39.6 Å². The van der Waals surface area contributed by atoms with Crippen molar-refractivity contribution in [2.45, 2.75) is 26.0 Å². The second-order valence-corrected chi connectivity index (χ2v) is 8.60. The van der Waals surface area contributed by atoms with Gasteiger partial charge in [-0.2, -0.15) is 5.26 Å². The zero-order valence-electron chi connectivity index (χ0n) is 20.9. The zero-order valence-corrected chi connectivity index (χ0v) is 20.9. The maximum absolute atomic E-state index is 13.5. The largest absolute Gasteiger partial charge is 0.507 e. The predicted molar refractivity (Wildman–Crippen MR) is 138 cm³/mol. The normalized spacial score (nSPS) is 16.5. The van der Waals surface area contributed by atoms with E-state index in [2.05, 4.69) is 0 Å². The monoisotopic (exact) mass is 498 g/mol. The van der Waals surface area contributed by atoms with Crippen LogP contribution in [0.3, 0.4) is 0 Å². The molecule has 4 rings (SSSR count). The van der Waals surface area contributed by atoms with Gasteiger partial charge in [-0.1, -0.05) is 24.3 Å². The molecule has 1 atom stereocenters.